The topological polar surface area (TPSA) is 119 Å². The van der Waals surface area contributed by atoms with Gasteiger partial charge in [0.05, 0.1) is 23.4 Å². The summed E-state index contributed by atoms with van der Waals surface area (Å²) in [5.41, 5.74) is 1.44. The number of aliphatic hydroxyl groups excluding tert-OH is 1. The van der Waals surface area contributed by atoms with Gasteiger partial charge < -0.3 is 14.6 Å². The molecule has 1 aliphatic rings. The summed E-state index contributed by atoms with van der Waals surface area (Å²) in [6.07, 6.45) is 8.09. The van der Waals surface area contributed by atoms with Crippen LogP contribution < -0.4 is 14.8 Å². The summed E-state index contributed by atoms with van der Waals surface area (Å²) in [4.78, 5) is 21.5. The van der Waals surface area contributed by atoms with Crippen molar-refractivity contribution in [1.82, 2.24) is 15.2 Å². The lowest BCUT2D eigenvalue weighted by Crippen LogP contribution is -2.14. The number of aliphatic imine (C=N–C) groups is 1. The third-order valence-electron chi connectivity index (χ3n) is 5.25. The van der Waals surface area contributed by atoms with Crippen molar-refractivity contribution in [3.05, 3.63) is 71.0 Å². The zero-order valence-electron chi connectivity index (χ0n) is 20.0. The van der Waals surface area contributed by atoms with Crippen LogP contribution in [-0.4, -0.2) is 52.2 Å². The van der Waals surface area contributed by atoms with E-state index in [-0.39, 0.29) is 40.2 Å². The first-order valence-corrected chi connectivity index (χ1v) is 12.2. The molecule has 0 saturated heterocycles. The number of hydrogen-bond acceptors (Lipinski definition) is 9. The fourth-order valence-corrected chi connectivity index (χ4v) is 4.11. The van der Waals surface area contributed by atoms with Crippen LogP contribution in [0.2, 0.25) is 0 Å². The van der Waals surface area contributed by atoms with Crippen LogP contribution in [0.3, 0.4) is 0 Å². The second-order valence-corrected chi connectivity index (χ2v) is 8.89. The lowest BCUT2D eigenvalue weighted by molar-refractivity contribution is -0.0495. The molecule has 198 valence electrons. The molecule has 1 aliphatic heterocycles. The average molecular weight is 546 g/mol. The summed E-state index contributed by atoms with van der Waals surface area (Å²) >= 11 is 0.953. The molecular weight excluding hydrogens is 523 g/mol. The first kappa shape index (κ1) is 26.9. The van der Waals surface area contributed by atoms with E-state index in [9.17, 15) is 23.1 Å². The zero-order chi connectivity index (χ0) is 27.1. The molecule has 9 nitrogen and oxygen atoms in total. The highest BCUT2D eigenvalue weighted by atomic mass is 32.1. The Morgan fingerprint density at radius 2 is 2.05 bits per heavy atom. The van der Waals surface area contributed by atoms with Crippen molar-refractivity contribution in [2.45, 2.75) is 26.4 Å². The van der Waals surface area contributed by atoms with E-state index < -0.39 is 24.1 Å². The van der Waals surface area contributed by atoms with Gasteiger partial charge in [-0.25, -0.2) is 4.39 Å². The summed E-state index contributed by atoms with van der Waals surface area (Å²) < 4.78 is 50.8. The fourth-order valence-electron chi connectivity index (χ4n) is 3.52. The second kappa shape index (κ2) is 12.4. The number of carbonyl (C=O) groups is 1. The summed E-state index contributed by atoms with van der Waals surface area (Å²) in [6, 6.07) is 4.90. The third kappa shape index (κ3) is 6.81. The lowest BCUT2D eigenvalue weighted by atomic mass is 9.98. The van der Waals surface area contributed by atoms with E-state index >= 15 is 0 Å². The fraction of sp³-hybridized carbons (Fsp3) is 0.240. The van der Waals surface area contributed by atoms with Gasteiger partial charge in [0.15, 0.2) is 0 Å². The number of aromatic nitrogens is 3. The molecule has 0 atom stereocenters. The second-order valence-electron chi connectivity index (χ2n) is 7.95. The molecule has 0 spiro atoms. The van der Waals surface area contributed by atoms with Gasteiger partial charge in [-0.15, -0.1) is 5.10 Å². The normalized spacial score (nSPS) is 17.0. The smallest absolute Gasteiger partial charge is 0.387 e. The maximum atomic E-state index is 14.8. The Kier molecular flexibility index (Phi) is 8.81. The molecule has 3 aromatic rings. The number of allylic oxidation sites excluding steroid dienone is 2. The summed E-state index contributed by atoms with van der Waals surface area (Å²) in [5, 5.41) is 19.9. The van der Waals surface area contributed by atoms with E-state index in [1.807, 2.05) is 12.2 Å². The number of aryl methyl sites for hydroxylation is 1. The summed E-state index contributed by atoms with van der Waals surface area (Å²) in [7, 11) is 0. The molecular formula is C25H22F3N5O4S. The number of benzene rings is 1. The van der Waals surface area contributed by atoms with Crippen LogP contribution in [0.5, 0.6) is 10.9 Å². The number of ether oxygens (including phenoxy) is 2. The predicted octanol–water partition coefficient (Wildman–Crippen LogP) is 4.95. The Balaban J connectivity index is 1.51. The number of nitrogens with zero attached hydrogens (tertiary/aromatic N) is 4. The van der Waals surface area contributed by atoms with Crippen LogP contribution in [0.1, 0.15) is 28.9 Å². The van der Waals surface area contributed by atoms with Gasteiger partial charge in [0.25, 0.3) is 11.1 Å². The number of halogens is 3. The minimum absolute atomic E-state index is 0.0233. The first-order chi connectivity index (χ1) is 18.3. The summed E-state index contributed by atoms with van der Waals surface area (Å²) in [5.74, 6) is -1.97. The number of nitrogens with one attached hydrogen (secondary N) is 1. The van der Waals surface area contributed by atoms with Crippen LogP contribution >= 0.6 is 11.3 Å². The molecule has 1 amide bonds. The standard InChI is InChI=1S/C25H22F3N5O4S/c1-14-9-17(21-19(26)7-4-8-20(21)37-23(27)28)18(11-29-14)22(35)31-24-32-33-25(38-24)36-13-16-6-3-2-5-15(12-34)10-30-16/h4-11,23,34H,2-3,12-13H2,1H3,(H,31,32,35)/b15-5+,16-6-,30-10+. The van der Waals surface area contributed by atoms with Crippen molar-refractivity contribution >= 4 is 28.6 Å². The Bertz CT molecular complexity index is 1410. The highest BCUT2D eigenvalue weighted by Gasteiger charge is 2.23. The van der Waals surface area contributed by atoms with Crippen molar-refractivity contribution in [3.8, 4) is 22.1 Å². The molecule has 38 heavy (non-hydrogen) atoms. The SMILES string of the molecule is Cc1cc(-c2c(F)cccc2OC(F)F)c(C(=O)Nc2nnc(OCC3=C\CC\C=C(CO)/C=N/3)s2)cn1. The molecule has 0 radical (unpaired) electrons. The molecule has 2 N–H and O–H groups in total. The summed E-state index contributed by atoms with van der Waals surface area (Å²) in [6.45, 7) is -1.58. The largest absolute Gasteiger partial charge is 0.462 e. The van der Waals surface area contributed by atoms with Gasteiger partial charge in [0, 0.05) is 23.7 Å². The Morgan fingerprint density at radius 1 is 1.24 bits per heavy atom. The highest BCUT2D eigenvalue weighted by Crippen LogP contribution is 2.36. The van der Waals surface area contributed by atoms with Gasteiger partial charge >= 0.3 is 6.61 Å². The van der Waals surface area contributed by atoms with Gasteiger partial charge in [-0.2, -0.15) is 8.78 Å². The van der Waals surface area contributed by atoms with Crippen LogP contribution in [0.25, 0.3) is 11.1 Å². The number of hydrogen-bond donors (Lipinski definition) is 2. The van der Waals surface area contributed by atoms with E-state index in [4.69, 9.17) is 4.74 Å². The molecule has 3 heterocycles. The van der Waals surface area contributed by atoms with Crippen molar-refractivity contribution in [1.29, 1.82) is 0 Å². The zero-order valence-corrected chi connectivity index (χ0v) is 20.8. The van der Waals surface area contributed by atoms with Crippen molar-refractivity contribution in [2.75, 3.05) is 18.5 Å². The number of aliphatic hydroxyl groups is 1. The highest BCUT2D eigenvalue weighted by molar-refractivity contribution is 7.17. The molecule has 0 bridgehead atoms. The molecule has 0 saturated carbocycles. The maximum Gasteiger partial charge on any atom is 0.387 e. The van der Waals surface area contributed by atoms with E-state index in [0.717, 1.165) is 30.2 Å². The number of carbonyl (C=O) groups excluding carboxylic acids is 1. The minimum Gasteiger partial charge on any atom is -0.462 e. The molecule has 2 aromatic heterocycles. The van der Waals surface area contributed by atoms with Crippen molar-refractivity contribution in [3.63, 3.8) is 0 Å². The van der Waals surface area contributed by atoms with E-state index in [2.05, 4.69) is 30.2 Å². The molecule has 1 aromatic carbocycles. The Morgan fingerprint density at radius 3 is 2.84 bits per heavy atom. The molecule has 0 unspecified atom stereocenters. The van der Waals surface area contributed by atoms with E-state index in [1.54, 1.807) is 13.1 Å². The number of pyridine rings is 1. The van der Waals surface area contributed by atoms with Crippen LogP contribution in [0.15, 0.2) is 58.9 Å². The monoisotopic (exact) mass is 545 g/mol. The maximum absolute atomic E-state index is 14.8. The molecule has 13 heteroatoms. The quantitative estimate of drug-likeness (QED) is 0.391. The van der Waals surface area contributed by atoms with Gasteiger partial charge in [0.1, 0.15) is 18.2 Å². The van der Waals surface area contributed by atoms with E-state index in [1.165, 1.54) is 24.4 Å². The number of rotatable bonds is 9. The Hall–Kier alpha value is -4.10. The van der Waals surface area contributed by atoms with Gasteiger partial charge in [-0.05, 0) is 54.9 Å². The minimum atomic E-state index is -3.19. The van der Waals surface area contributed by atoms with E-state index in [0.29, 0.717) is 17.0 Å². The van der Waals surface area contributed by atoms with Gasteiger partial charge in [-0.3, -0.25) is 20.1 Å². The Labute approximate surface area is 219 Å². The van der Waals surface area contributed by atoms with Gasteiger partial charge in [0.2, 0.25) is 5.13 Å². The number of anilines is 1. The lowest BCUT2D eigenvalue weighted by Gasteiger charge is -2.15. The van der Waals surface area contributed by atoms with Gasteiger partial charge in [-0.1, -0.05) is 23.3 Å². The van der Waals surface area contributed by atoms with Crippen LogP contribution in [0.4, 0.5) is 18.3 Å². The number of alkyl halides is 2. The molecule has 0 aliphatic carbocycles. The molecule has 0 fully saturated rings. The average Bonchev–Trinajstić information content (AvgIpc) is 3.30. The van der Waals surface area contributed by atoms with Crippen LogP contribution in [0, 0.1) is 12.7 Å². The van der Waals surface area contributed by atoms with Crippen molar-refractivity contribution in [2.24, 2.45) is 4.99 Å². The first-order valence-electron chi connectivity index (χ1n) is 11.3. The predicted molar refractivity (Wildman–Crippen MR) is 135 cm³/mol. The van der Waals surface area contributed by atoms with Crippen molar-refractivity contribution < 1.29 is 32.5 Å². The number of amides is 1. The van der Waals surface area contributed by atoms with Crippen LogP contribution in [-0.2, 0) is 0 Å². The molecule has 4 rings (SSSR count). The third-order valence-corrected chi connectivity index (χ3v) is 6.00.